The van der Waals surface area contributed by atoms with Crippen molar-refractivity contribution in [2.24, 2.45) is 5.92 Å². The summed E-state index contributed by atoms with van der Waals surface area (Å²) in [4.78, 5) is 67.1. The largest absolute Gasteiger partial charge is 0.462 e. The van der Waals surface area contributed by atoms with Crippen molar-refractivity contribution < 1.29 is 41.5 Å². The van der Waals surface area contributed by atoms with Gasteiger partial charge in [-0.3, -0.25) is 23.7 Å². The number of rotatable bonds is 7. The van der Waals surface area contributed by atoms with Crippen LogP contribution in [0.3, 0.4) is 0 Å². The fourth-order valence-electron chi connectivity index (χ4n) is 5.62. The van der Waals surface area contributed by atoms with E-state index < -0.39 is 69.8 Å². The SMILES string of the molecule is CCOC(=O)c1ccc(N2C(=O)[C@H]3[C@H](c4ccc(F)cc4)c4sc(=O)n(CC(=O)Nc5cccc(C(F)(F)F)c5)c4S[C@H]3C2=O)cc1. The van der Waals surface area contributed by atoms with Gasteiger partial charge in [0.25, 0.3) is 0 Å². The molecule has 2 aliphatic rings. The smallest absolute Gasteiger partial charge is 0.416 e. The highest BCUT2D eigenvalue weighted by molar-refractivity contribution is 8.00. The first kappa shape index (κ1) is 32.2. The molecule has 3 atom stereocenters. The third kappa shape index (κ3) is 6.07. The molecule has 0 saturated carbocycles. The summed E-state index contributed by atoms with van der Waals surface area (Å²) in [5.41, 5.74) is -0.193. The van der Waals surface area contributed by atoms with Crippen molar-refractivity contribution in [1.29, 1.82) is 0 Å². The Morgan fingerprint density at radius 1 is 0.957 bits per heavy atom. The van der Waals surface area contributed by atoms with Gasteiger partial charge in [0.1, 0.15) is 17.6 Å². The molecule has 3 amide bonds. The highest BCUT2D eigenvalue weighted by Crippen LogP contribution is 2.54. The van der Waals surface area contributed by atoms with Crippen molar-refractivity contribution in [2.75, 3.05) is 16.8 Å². The number of thioether (sulfide) groups is 1. The van der Waals surface area contributed by atoms with E-state index in [1.54, 1.807) is 6.92 Å². The van der Waals surface area contributed by atoms with Gasteiger partial charge in [-0.1, -0.05) is 41.3 Å². The number of benzene rings is 3. The van der Waals surface area contributed by atoms with Crippen LogP contribution in [0.2, 0.25) is 0 Å². The van der Waals surface area contributed by atoms with E-state index in [1.807, 2.05) is 0 Å². The van der Waals surface area contributed by atoms with Crippen LogP contribution in [0.15, 0.2) is 82.6 Å². The number of imide groups is 1. The molecular formula is C32H23F4N3O6S2. The van der Waals surface area contributed by atoms with E-state index in [4.69, 9.17) is 4.74 Å². The van der Waals surface area contributed by atoms with Crippen LogP contribution in [0.1, 0.15) is 39.2 Å². The van der Waals surface area contributed by atoms with Crippen LogP contribution in [-0.4, -0.2) is 40.1 Å². The molecule has 15 heteroatoms. The minimum absolute atomic E-state index is 0.125. The van der Waals surface area contributed by atoms with Gasteiger partial charge in [0, 0.05) is 16.5 Å². The van der Waals surface area contributed by atoms with Gasteiger partial charge in [-0.25, -0.2) is 14.1 Å². The molecule has 47 heavy (non-hydrogen) atoms. The van der Waals surface area contributed by atoms with Gasteiger partial charge in [0.2, 0.25) is 17.7 Å². The Hall–Kier alpha value is -4.76. The Morgan fingerprint density at radius 3 is 2.32 bits per heavy atom. The first-order valence-corrected chi connectivity index (χ1v) is 15.8. The van der Waals surface area contributed by atoms with Gasteiger partial charge in [-0.2, -0.15) is 13.2 Å². The van der Waals surface area contributed by atoms with Gasteiger partial charge in [0.05, 0.1) is 34.4 Å². The van der Waals surface area contributed by atoms with E-state index >= 15 is 0 Å². The number of aromatic nitrogens is 1. The highest BCUT2D eigenvalue weighted by atomic mass is 32.2. The first-order chi connectivity index (χ1) is 22.4. The predicted octanol–water partition coefficient (Wildman–Crippen LogP) is 5.68. The van der Waals surface area contributed by atoms with E-state index in [-0.39, 0.29) is 28.6 Å². The number of hydrogen-bond acceptors (Lipinski definition) is 8. The third-order valence-electron chi connectivity index (χ3n) is 7.69. The summed E-state index contributed by atoms with van der Waals surface area (Å²) < 4.78 is 59.6. The molecule has 2 aliphatic heterocycles. The molecule has 6 rings (SSSR count). The predicted molar refractivity (Wildman–Crippen MR) is 165 cm³/mol. The highest BCUT2D eigenvalue weighted by Gasteiger charge is 2.56. The molecule has 0 radical (unpaired) electrons. The molecule has 3 aromatic carbocycles. The quantitative estimate of drug-likeness (QED) is 0.151. The second kappa shape index (κ2) is 12.4. The number of carbonyl (C=O) groups excluding carboxylic acids is 4. The van der Waals surface area contributed by atoms with Gasteiger partial charge >= 0.3 is 17.0 Å². The van der Waals surface area contributed by atoms with E-state index in [0.717, 1.165) is 50.8 Å². The molecule has 0 unspecified atom stereocenters. The lowest BCUT2D eigenvalue weighted by molar-refractivity contribution is -0.137. The lowest BCUT2D eigenvalue weighted by Crippen LogP contribution is -2.33. The number of thiazole rings is 1. The summed E-state index contributed by atoms with van der Waals surface area (Å²) >= 11 is 1.71. The number of halogens is 4. The van der Waals surface area contributed by atoms with Crippen LogP contribution in [-0.2, 0) is 31.8 Å². The Balaban J connectivity index is 1.35. The van der Waals surface area contributed by atoms with Gasteiger partial charge in [-0.05, 0) is 67.1 Å². The fourth-order valence-corrected chi connectivity index (χ4v) is 8.39. The standard InChI is InChI=1S/C32H23F4N3O6S2/c1-2-45-30(43)17-8-12-21(13-9-17)39-27(41)24-23(16-6-10-19(33)11-7-16)26-29(46-25(24)28(39)42)38(31(44)47-26)15-22(40)37-20-5-3-4-18(14-20)32(34,35)36/h3-14,23-25H,2,15H2,1H3,(H,37,40)/t23-,24-,25+/m0/s1. The molecule has 4 aromatic rings. The Morgan fingerprint density at radius 2 is 1.66 bits per heavy atom. The zero-order chi connectivity index (χ0) is 33.6. The maximum Gasteiger partial charge on any atom is 0.416 e. The van der Waals surface area contributed by atoms with Crippen LogP contribution in [0.4, 0.5) is 28.9 Å². The summed E-state index contributed by atoms with van der Waals surface area (Å²) in [6.07, 6.45) is -4.63. The second-order valence-electron chi connectivity index (χ2n) is 10.6. The zero-order valence-electron chi connectivity index (χ0n) is 24.2. The number of alkyl halides is 3. The Labute approximate surface area is 272 Å². The number of esters is 1. The van der Waals surface area contributed by atoms with E-state index in [0.29, 0.717) is 10.4 Å². The average molecular weight is 686 g/mol. The molecule has 1 saturated heterocycles. The topological polar surface area (TPSA) is 115 Å². The van der Waals surface area contributed by atoms with Crippen molar-refractivity contribution in [3.05, 3.63) is 110 Å². The molecule has 1 aromatic heterocycles. The third-order valence-corrected chi connectivity index (χ3v) is 10.3. The summed E-state index contributed by atoms with van der Waals surface area (Å²) in [5, 5.41) is 1.59. The summed E-state index contributed by atoms with van der Waals surface area (Å²) in [6, 6.07) is 15.1. The maximum atomic E-state index is 14.0. The number of hydrogen-bond donors (Lipinski definition) is 1. The minimum atomic E-state index is -4.63. The van der Waals surface area contributed by atoms with Crippen LogP contribution in [0, 0.1) is 11.7 Å². The molecule has 0 spiro atoms. The number of ether oxygens (including phenoxy) is 1. The number of nitrogens with one attached hydrogen (secondary N) is 1. The van der Waals surface area contributed by atoms with Gasteiger partial charge in [-0.15, -0.1) is 0 Å². The van der Waals surface area contributed by atoms with Crippen molar-refractivity contribution >= 4 is 58.2 Å². The molecule has 0 aliphatic carbocycles. The van der Waals surface area contributed by atoms with Crippen LogP contribution in [0.25, 0.3) is 0 Å². The molecule has 0 bridgehead atoms. The zero-order valence-corrected chi connectivity index (χ0v) is 25.9. The van der Waals surface area contributed by atoms with Crippen LogP contribution >= 0.6 is 23.1 Å². The average Bonchev–Trinajstić information content (AvgIpc) is 3.47. The lowest BCUT2D eigenvalue weighted by atomic mass is 9.83. The molecule has 9 nitrogen and oxygen atoms in total. The van der Waals surface area contributed by atoms with Crippen molar-refractivity contribution in [1.82, 2.24) is 4.57 Å². The van der Waals surface area contributed by atoms with Gasteiger partial charge < -0.3 is 10.1 Å². The van der Waals surface area contributed by atoms with E-state index in [9.17, 15) is 41.5 Å². The van der Waals surface area contributed by atoms with E-state index in [1.165, 1.54) is 54.6 Å². The Bertz CT molecular complexity index is 1960. The summed E-state index contributed by atoms with van der Waals surface area (Å²) in [5.74, 6) is -4.91. The maximum absolute atomic E-state index is 14.0. The van der Waals surface area contributed by atoms with E-state index in [2.05, 4.69) is 5.32 Å². The van der Waals surface area contributed by atoms with Crippen LogP contribution in [0.5, 0.6) is 0 Å². The summed E-state index contributed by atoms with van der Waals surface area (Å²) in [6.45, 7) is 1.24. The van der Waals surface area contributed by atoms with Gasteiger partial charge in [0.15, 0.2) is 0 Å². The first-order valence-electron chi connectivity index (χ1n) is 14.1. The van der Waals surface area contributed by atoms with Crippen LogP contribution < -0.4 is 15.1 Å². The number of nitrogens with zero attached hydrogens (tertiary/aromatic N) is 2. The fraction of sp³-hybridized carbons (Fsp3) is 0.219. The number of carbonyl (C=O) groups is 4. The molecular weight excluding hydrogens is 662 g/mol. The molecule has 1 N–H and O–H groups in total. The molecule has 1 fully saturated rings. The Kier molecular flexibility index (Phi) is 8.53. The number of anilines is 2. The monoisotopic (exact) mass is 685 g/mol. The summed E-state index contributed by atoms with van der Waals surface area (Å²) in [7, 11) is 0. The second-order valence-corrected chi connectivity index (χ2v) is 12.7. The minimum Gasteiger partial charge on any atom is -0.462 e. The van der Waals surface area contributed by atoms with Crippen molar-refractivity contribution in [3.8, 4) is 0 Å². The number of amides is 3. The molecule has 3 heterocycles. The van der Waals surface area contributed by atoms with Crippen molar-refractivity contribution in [3.63, 3.8) is 0 Å². The molecule has 242 valence electrons. The number of fused-ring (bicyclic) bond motifs is 2. The van der Waals surface area contributed by atoms with Crippen molar-refractivity contribution in [2.45, 2.75) is 35.8 Å². The lowest BCUT2D eigenvalue weighted by Gasteiger charge is -2.30. The normalized spacial score (nSPS) is 18.9.